The highest BCUT2D eigenvalue weighted by Crippen LogP contribution is 2.31. The van der Waals surface area contributed by atoms with Crippen LogP contribution in [0.4, 0.5) is 10.3 Å². The number of aromatic nitrogens is 2. The van der Waals surface area contributed by atoms with E-state index in [0.29, 0.717) is 17.0 Å². The van der Waals surface area contributed by atoms with E-state index in [0.717, 1.165) is 12.2 Å². The zero-order valence-corrected chi connectivity index (χ0v) is 11.7. The number of halogens is 2. The average molecular weight is 290 g/mol. The molecule has 0 saturated heterocycles. The van der Waals surface area contributed by atoms with Crippen molar-refractivity contribution in [2.45, 2.75) is 6.92 Å². The Morgan fingerprint density at radius 2 is 1.95 bits per heavy atom. The van der Waals surface area contributed by atoms with Crippen LogP contribution < -0.4 is 5.32 Å². The molecule has 0 radical (unpaired) electrons. The lowest BCUT2D eigenvalue weighted by molar-refractivity contribution is 0.629. The summed E-state index contributed by atoms with van der Waals surface area (Å²) in [5, 5.41) is 3.27. The van der Waals surface area contributed by atoms with E-state index < -0.39 is 5.82 Å². The van der Waals surface area contributed by atoms with Gasteiger partial charge >= 0.3 is 0 Å². The monoisotopic (exact) mass is 289 g/mol. The van der Waals surface area contributed by atoms with Gasteiger partial charge in [-0.1, -0.05) is 29.8 Å². The fourth-order valence-electron chi connectivity index (χ4n) is 2.21. The van der Waals surface area contributed by atoms with E-state index in [1.54, 1.807) is 6.07 Å². The topological polar surface area (TPSA) is 29.9 Å². The average Bonchev–Trinajstić information content (AvgIpc) is 2.83. The molecule has 0 amide bonds. The molecule has 3 rings (SSSR count). The van der Waals surface area contributed by atoms with Crippen LogP contribution in [0, 0.1) is 5.82 Å². The van der Waals surface area contributed by atoms with Crippen molar-refractivity contribution in [1.82, 2.24) is 9.55 Å². The largest absolute Gasteiger partial charge is 0.356 e. The second-order valence-corrected chi connectivity index (χ2v) is 4.74. The van der Waals surface area contributed by atoms with Crippen molar-refractivity contribution in [3.05, 3.63) is 53.3 Å². The Morgan fingerprint density at radius 3 is 2.65 bits per heavy atom. The molecule has 3 nitrogen and oxygen atoms in total. The molecular weight excluding hydrogens is 277 g/mol. The lowest BCUT2D eigenvalue weighted by Gasteiger charge is -2.10. The second kappa shape index (κ2) is 5.13. The molecule has 0 fully saturated rings. The van der Waals surface area contributed by atoms with Crippen LogP contribution in [0.2, 0.25) is 5.02 Å². The lowest BCUT2D eigenvalue weighted by Crippen LogP contribution is -2.05. The van der Waals surface area contributed by atoms with Crippen molar-refractivity contribution < 1.29 is 4.39 Å². The number of fused-ring (bicyclic) bond motifs is 1. The summed E-state index contributed by atoms with van der Waals surface area (Å²) in [5.74, 6) is 0.209. The van der Waals surface area contributed by atoms with Crippen LogP contribution in [0.3, 0.4) is 0 Å². The van der Waals surface area contributed by atoms with E-state index in [1.165, 1.54) is 6.07 Å². The highest BCUT2D eigenvalue weighted by Gasteiger charge is 2.16. The Bertz CT molecular complexity index is 753. The first-order valence-electron chi connectivity index (χ1n) is 6.38. The molecule has 1 aromatic heterocycles. The summed E-state index contributed by atoms with van der Waals surface area (Å²) in [6.07, 6.45) is 0. The molecule has 0 atom stereocenters. The maximum absolute atomic E-state index is 13.7. The first kappa shape index (κ1) is 12.9. The maximum Gasteiger partial charge on any atom is 0.208 e. The zero-order chi connectivity index (χ0) is 14.1. The second-order valence-electron chi connectivity index (χ2n) is 4.37. The third kappa shape index (κ3) is 2.02. The van der Waals surface area contributed by atoms with Crippen LogP contribution in [0.1, 0.15) is 6.92 Å². The van der Waals surface area contributed by atoms with Gasteiger partial charge in [0.05, 0.1) is 11.0 Å². The van der Waals surface area contributed by atoms with Gasteiger partial charge in [0.2, 0.25) is 5.95 Å². The molecule has 1 heterocycles. The van der Waals surface area contributed by atoms with Crippen LogP contribution in [-0.2, 0) is 0 Å². The maximum atomic E-state index is 13.7. The van der Waals surface area contributed by atoms with Gasteiger partial charge in [0, 0.05) is 12.2 Å². The van der Waals surface area contributed by atoms with Gasteiger partial charge in [-0.15, -0.1) is 0 Å². The van der Waals surface area contributed by atoms with Gasteiger partial charge in [0.1, 0.15) is 10.8 Å². The van der Waals surface area contributed by atoms with E-state index in [-0.39, 0.29) is 5.02 Å². The SMILES string of the molecule is CCNc1nc2ccc(F)c(Cl)c2n1-c1ccccc1. The third-order valence-electron chi connectivity index (χ3n) is 3.06. The number of hydrogen-bond acceptors (Lipinski definition) is 2. The summed E-state index contributed by atoms with van der Waals surface area (Å²) in [5.41, 5.74) is 2.13. The quantitative estimate of drug-likeness (QED) is 0.781. The zero-order valence-electron chi connectivity index (χ0n) is 10.9. The standard InChI is InChI=1S/C15H13ClFN3/c1-2-18-15-19-12-9-8-11(17)13(16)14(12)20(15)10-6-4-3-5-7-10/h3-9H,2H2,1H3,(H,18,19). The van der Waals surface area contributed by atoms with E-state index in [9.17, 15) is 4.39 Å². The number of para-hydroxylation sites is 1. The number of nitrogens with one attached hydrogen (secondary N) is 1. The Hall–Kier alpha value is -2.07. The highest BCUT2D eigenvalue weighted by molar-refractivity contribution is 6.35. The number of anilines is 1. The predicted molar refractivity (Wildman–Crippen MR) is 80.2 cm³/mol. The van der Waals surface area contributed by atoms with Crippen LogP contribution >= 0.6 is 11.6 Å². The van der Waals surface area contributed by atoms with E-state index in [1.807, 2.05) is 41.8 Å². The van der Waals surface area contributed by atoms with Crippen molar-refractivity contribution >= 4 is 28.6 Å². The molecule has 0 spiro atoms. The first-order chi connectivity index (χ1) is 9.72. The van der Waals surface area contributed by atoms with Crippen LogP contribution in [0.15, 0.2) is 42.5 Å². The fourth-order valence-corrected chi connectivity index (χ4v) is 2.45. The molecule has 0 saturated carbocycles. The Kier molecular flexibility index (Phi) is 3.32. The molecule has 3 aromatic rings. The van der Waals surface area contributed by atoms with E-state index in [2.05, 4.69) is 10.3 Å². The fraction of sp³-hybridized carbons (Fsp3) is 0.133. The number of benzene rings is 2. The van der Waals surface area contributed by atoms with Gasteiger partial charge in [0.25, 0.3) is 0 Å². The lowest BCUT2D eigenvalue weighted by atomic mass is 10.2. The van der Waals surface area contributed by atoms with Gasteiger partial charge in [-0.25, -0.2) is 9.37 Å². The Morgan fingerprint density at radius 1 is 1.20 bits per heavy atom. The number of hydrogen-bond donors (Lipinski definition) is 1. The van der Waals surface area contributed by atoms with Gasteiger partial charge in [-0.3, -0.25) is 4.57 Å². The third-order valence-corrected chi connectivity index (χ3v) is 3.42. The minimum absolute atomic E-state index is 0.0861. The van der Waals surface area contributed by atoms with Crippen molar-refractivity contribution in [1.29, 1.82) is 0 Å². The summed E-state index contributed by atoms with van der Waals surface area (Å²) in [7, 11) is 0. The van der Waals surface area contributed by atoms with Crippen molar-refractivity contribution in [2.75, 3.05) is 11.9 Å². The molecule has 0 unspecified atom stereocenters. The van der Waals surface area contributed by atoms with Crippen molar-refractivity contribution in [2.24, 2.45) is 0 Å². The summed E-state index contributed by atoms with van der Waals surface area (Å²) < 4.78 is 15.6. The molecule has 0 aliphatic heterocycles. The molecule has 5 heteroatoms. The van der Waals surface area contributed by atoms with E-state index in [4.69, 9.17) is 11.6 Å². The molecule has 0 bridgehead atoms. The summed E-state index contributed by atoms with van der Waals surface area (Å²) in [6.45, 7) is 2.70. The molecule has 102 valence electrons. The molecule has 20 heavy (non-hydrogen) atoms. The highest BCUT2D eigenvalue weighted by atomic mass is 35.5. The van der Waals surface area contributed by atoms with Gasteiger partial charge < -0.3 is 5.32 Å². The van der Waals surface area contributed by atoms with E-state index >= 15 is 0 Å². The predicted octanol–water partition coefficient (Wildman–Crippen LogP) is 4.25. The smallest absolute Gasteiger partial charge is 0.208 e. The number of nitrogens with zero attached hydrogens (tertiary/aromatic N) is 2. The minimum Gasteiger partial charge on any atom is -0.356 e. The molecule has 2 aromatic carbocycles. The molecular formula is C15H13ClFN3. The number of rotatable bonds is 3. The minimum atomic E-state index is -0.445. The summed E-state index contributed by atoms with van der Waals surface area (Å²) in [6, 6.07) is 12.6. The Labute approximate surface area is 121 Å². The Balaban J connectivity index is 2.37. The summed E-state index contributed by atoms with van der Waals surface area (Å²) >= 11 is 6.13. The normalized spacial score (nSPS) is 10.9. The summed E-state index contributed by atoms with van der Waals surface area (Å²) in [4.78, 5) is 4.48. The van der Waals surface area contributed by atoms with Crippen LogP contribution in [0.25, 0.3) is 16.7 Å². The van der Waals surface area contributed by atoms with Gasteiger partial charge in [0.15, 0.2) is 0 Å². The molecule has 0 aliphatic carbocycles. The van der Waals surface area contributed by atoms with Gasteiger partial charge in [-0.2, -0.15) is 0 Å². The first-order valence-corrected chi connectivity index (χ1v) is 6.76. The van der Waals surface area contributed by atoms with Crippen molar-refractivity contribution in [3.8, 4) is 5.69 Å². The van der Waals surface area contributed by atoms with Gasteiger partial charge in [-0.05, 0) is 31.2 Å². The number of imidazole rings is 1. The van der Waals surface area contributed by atoms with Crippen molar-refractivity contribution in [3.63, 3.8) is 0 Å². The molecule has 1 N–H and O–H groups in total. The van der Waals surface area contributed by atoms with Crippen LogP contribution in [-0.4, -0.2) is 16.1 Å². The molecule has 0 aliphatic rings. The van der Waals surface area contributed by atoms with Crippen LogP contribution in [0.5, 0.6) is 0 Å².